The third-order valence-corrected chi connectivity index (χ3v) is 3.52. The predicted molar refractivity (Wildman–Crippen MR) is 70.5 cm³/mol. The molecule has 0 amide bonds. The standard InChI is InChI=1S/C14H17N3O/c1-10-5-12(3-4-14(10)18-2)17-9-16-8-13(17)11-6-15-7-11/h3-5,8-9,11,15H,6-7H2,1-2H3. The van der Waals surface area contributed by atoms with Crippen LogP contribution in [-0.4, -0.2) is 29.8 Å². The molecule has 0 radical (unpaired) electrons. The van der Waals surface area contributed by atoms with Gasteiger partial charge in [-0.2, -0.15) is 0 Å². The van der Waals surface area contributed by atoms with Crippen molar-refractivity contribution < 1.29 is 4.74 Å². The van der Waals surface area contributed by atoms with Crippen molar-refractivity contribution in [2.24, 2.45) is 0 Å². The van der Waals surface area contributed by atoms with Gasteiger partial charge in [0, 0.05) is 36.6 Å². The zero-order chi connectivity index (χ0) is 12.5. The van der Waals surface area contributed by atoms with E-state index in [0.717, 1.165) is 30.1 Å². The van der Waals surface area contributed by atoms with E-state index in [1.54, 1.807) is 7.11 Å². The van der Waals surface area contributed by atoms with Gasteiger partial charge in [0.25, 0.3) is 0 Å². The first-order chi connectivity index (χ1) is 8.79. The number of nitrogens with one attached hydrogen (secondary N) is 1. The molecule has 1 aliphatic rings. The second-order valence-corrected chi connectivity index (χ2v) is 4.70. The number of rotatable bonds is 3. The highest BCUT2D eigenvalue weighted by molar-refractivity contribution is 5.44. The lowest BCUT2D eigenvalue weighted by Gasteiger charge is -2.28. The molecule has 94 valence electrons. The van der Waals surface area contributed by atoms with Crippen molar-refractivity contribution in [3.05, 3.63) is 42.0 Å². The van der Waals surface area contributed by atoms with Crippen molar-refractivity contribution in [3.8, 4) is 11.4 Å². The summed E-state index contributed by atoms with van der Waals surface area (Å²) in [7, 11) is 1.70. The lowest BCUT2D eigenvalue weighted by atomic mass is 9.99. The number of nitrogens with zero attached hydrogens (tertiary/aromatic N) is 2. The van der Waals surface area contributed by atoms with Crippen molar-refractivity contribution >= 4 is 0 Å². The van der Waals surface area contributed by atoms with Crippen LogP contribution in [-0.2, 0) is 0 Å². The van der Waals surface area contributed by atoms with Gasteiger partial charge < -0.3 is 14.6 Å². The first-order valence-corrected chi connectivity index (χ1v) is 6.17. The van der Waals surface area contributed by atoms with Crippen LogP contribution in [0, 0.1) is 6.92 Å². The molecule has 2 heterocycles. The van der Waals surface area contributed by atoms with E-state index in [1.807, 2.05) is 18.6 Å². The van der Waals surface area contributed by atoms with Crippen molar-refractivity contribution in [2.45, 2.75) is 12.8 Å². The Morgan fingerprint density at radius 2 is 2.22 bits per heavy atom. The maximum Gasteiger partial charge on any atom is 0.121 e. The normalized spacial score (nSPS) is 15.4. The zero-order valence-corrected chi connectivity index (χ0v) is 10.7. The average molecular weight is 243 g/mol. The Morgan fingerprint density at radius 1 is 1.39 bits per heavy atom. The Labute approximate surface area is 107 Å². The van der Waals surface area contributed by atoms with Crippen LogP contribution in [0.15, 0.2) is 30.7 Å². The number of methoxy groups -OCH3 is 1. The van der Waals surface area contributed by atoms with Crippen molar-refractivity contribution in [1.82, 2.24) is 14.9 Å². The number of imidazole rings is 1. The smallest absolute Gasteiger partial charge is 0.121 e. The van der Waals surface area contributed by atoms with Crippen molar-refractivity contribution in [3.63, 3.8) is 0 Å². The van der Waals surface area contributed by atoms with Crippen LogP contribution in [0.3, 0.4) is 0 Å². The van der Waals surface area contributed by atoms with Gasteiger partial charge in [-0.3, -0.25) is 0 Å². The summed E-state index contributed by atoms with van der Waals surface area (Å²) in [5, 5.41) is 3.30. The fraction of sp³-hybridized carbons (Fsp3) is 0.357. The van der Waals surface area contributed by atoms with Gasteiger partial charge in [-0.1, -0.05) is 0 Å². The Morgan fingerprint density at radius 3 is 2.83 bits per heavy atom. The summed E-state index contributed by atoms with van der Waals surface area (Å²) < 4.78 is 7.46. The molecule has 0 atom stereocenters. The monoisotopic (exact) mass is 243 g/mol. The van der Waals surface area contributed by atoms with E-state index in [4.69, 9.17) is 4.74 Å². The van der Waals surface area contributed by atoms with Gasteiger partial charge >= 0.3 is 0 Å². The molecule has 2 aromatic rings. The molecule has 1 N–H and O–H groups in total. The lowest BCUT2D eigenvalue weighted by molar-refractivity contribution is 0.411. The Bertz CT molecular complexity index is 558. The minimum Gasteiger partial charge on any atom is -0.496 e. The number of hydrogen-bond donors (Lipinski definition) is 1. The van der Waals surface area contributed by atoms with Gasteiger partial charge in [-0.05, 0) is 30.7 Å². The first kappa shape index (κ1) is 11.3. The summed E-state index contributed by atoms with van der Waals surface area (Å²) in [6, 6.07) is 6.21. The Balaban J connectivity index is 1.99. The van der Waals surface area contributed by atoms with Gasteiger partial charge in [-0.25, -0.2) is 4.98 Å². The van der Waals surface area contributed by atoms with E-state index in [2.05, 4.69) is 33.9 Å². The second-order valence-electron chi connectivity index (χ2n) is 4.70. The number of aromatic nitrogens is 2. The number of benzene rings is 1. The molecule has 1 saturated heterocycles. The Kier molecular flexibility index (Phi) is 2.80. The molecule has 4 nitrogen and oxygen atoms in total. The van der Waals surface area contributed by atoms with Crippen molar-refractivity contribution in [2.75, 3.05) is 20.2 Å². The zero-order valence-electron chi connectivity index (χ0n) is 10.7. The predicted octanol–water partition coefficient (Wildman–Crippen LogP) is 1.88. The van der Waals surface area contributed by atoms with Crippen LogP contribution >= 0.6 is 0 Å². The summed E-state index contributed by atoms with van der Waals surface area (Å²) in [6.07, 6.45) is 3.85. The minimum atomic E-state index is 0.579. The van der Waals surface area contributed by atoms with Crippen molar-refractivity contribution in [1.29, 1.82) is 0 Å². The van der Waals surface area contributed by atoms with Crippen LogP contribution in [0.2, 0.25) is 0 Å². The summed E-state index contributed by atoms with van der Waals surface area (Å²) in [4.78, 5) is 4.28. The topological polar surface area (TPSA) is 39.1 Å². The van der Waals surface area contributed by atoms with Crippen LogP contribution in [0.25, 0.3) is 5.69 Å². The van der Waals surface area contributed by atoms with Gasteiger partial charge in [-0.15, -0.1) is 0 Å². The summed E-state index contributed by atoms with van der Waals surface area (Å²) >= 11 is 0. The molecule has 0 unspecified atom stereocenters. The molecule has 3 rings (SSSR count). The molecule has 18 heavy (non-hydrogen) atoms. The highest BCUT2D eigenvalue weighted by atomic mass is 16.5. The average Bonchev–Trinajstić information content (AvgIpc) is 2.75. The molecule has 1 aliphatic heterocycles. The van der Waals surface area contributed by atoms with Crippen LogP contribution in [0.1, 0.15) is 17.2 Å². The molecule has 1 aromatic carbocycles. The van der Waals surface area contributed by atoms with E-state index in [1.165, 1.54) is 5.69 Å². The number of aryl methyl sites for hydroxylation is 1. The van der Waals surface area contributed by atoms with E-state index in [9.17, 15) is 0 Å². The minimum absolute atomic E-state index is 0.579. The van der Waals surface area contributed by atoms with E-state index < -0.39 is 0 Å². The maximum absolute atomic E-state index is 5.29. The molecule has 1 fully saturated rings. The molecule has 0 saturated carbocycles. The SMILES string of the molecule is COc1ccc(-n2cncc2C2CNC2)cc1C. The summed E-state index contributed by atoms with van der Waals surface area (Å²) in [6.45, 7) is 4.14. The quantitative estimate of drug-likeness (QED) is 0.894. The van der Waals surface area contributed by atoms with E-state index in [-0.39, 0.29) is 0 Å². The number of hydrogen-bond acceptors (Lipinski definition) is 3. The molecular weight excluding hydrogens is 226 g/mol. The van der Waals surface area contributed by atoms with Gasteiger partial charge in [0.15, 0.2) is 0 Å². The van der Waals surface area contributed by atoms with E-state index in [0.29, 0.717) is 5.92 Å². The molecule has 0 spiro atoms. The third-order valence-electron chi connectivity index (χ3n) is 3.52. The lowest BCUT2D eigenvalue weighted by Crippen LogP contribution is -2.40. The second kappa shape index (κ2) is 4.46. The molecule has 0 bridgehead atoms. The van der Waals surface area contributed by atoms with Crippen LogP contribution in [0.4, 0.5) is 0 Å². The summed E-state index contributed by atoms with van der Waals surface area (Å²) in [5.74, 6) is 1.50. The largest absolute Gasteiger partial charge is 0.496 e. The Hall–Kier alpha value is -1.81. The van der Waals surface area contributed by atoms with Gasteiger partial charge in [0.1, 0.15) is 5.75 Å². The van der Waals surface area contributed by atoms with E-state index >= 15 is 0 Å². The van der Waals surface area contributed by atoms with Crippen LogP contribution in [0.5, 0.6) is 5.75 Å². The first-order valence-electron chi connectivity index (χ1n) is 6.17. The maximum atomic E-state index is 5.29. The van der Waals surface area contributed by atoms with Gasteiger partial charge in [0.05, 0.1) is 13.4 Å². The molecule has 1 aromatic heterocycles. The molecular formula is C14H17N3O. The highest BCUT2D eigenvalue weighted by Gasteiger charge is 2.22. The van der Waals surface area contributed by atoms with Crippen LogP contribution < -0.4 is 10.1 Å². The highest BCUT2D eigenvalue weighted by Crippen LogP contribution is 2.25. The fourth-order valence-corrected chi connectivity index (χ4v) is 2.33. The number of ether oxygens (including phenoxy) is 1. The molecule has 0 aliphatic carbocycles. The fourth-order valence-electron chi connectivity index (χ4n) is 2.33. The third kappa shape index (κ3) is 1.78. The molecule has 4 heteroatoms. The summed E-state index contributed by atoms with van der Waals surface area (Å²) in [5.41, 5.74) is 3.56. The van der Waals surface area contributed by atoms with Gasteiger partial charge in [0.2, 0.25) is 0 Å².